The maximum Gasteiger partial charge on any atom is 0.136 e. The Bertz CT molecular complexity index is 435. The Hall–Kier alpha value is -1.73. The van der Waals surface area contributed by atoms with Crippen LogP contribution in [0.4, 0.5) is 13.2 Å². The molecule has 4 heteroatoms. The van der Waals surface area contributed by atoms with Crippen molar-refractivity contribution >= 4 is 5.57 Å². The van der Waals surface area contributed by atoms with E-state index in [1.807, 2.05) is 0 Å². The van der Waals surface area contributed by atoms with Gasteiger partial charge in [0.15, 0.2) is 0 Å². The van der Waals surface area contributed by atoms with Crippen LogP contribution >= 0.6 is 0 Å². The molecule has 0 heterocycles. The van der Waals surface area contributed by atoms with E-state index in [-0.39, 0.29) is 24.1 Å². The van der Waals surface area contributed by atoms with Gasteiger partial charge in [0.2, 0.25) is 0 Å². The standard InChI is InChI=1S/C12H10F3N/c1-2-3-4-8(7-16)12-10(14)5-9(13)6-11(12)15/h1,4-6H,3,7,16H2. The van der Waals surface area contributed by atoms with Gasteiger partial charge >= 0.3 is 0 Å². The third-order valence-electron chi connectivity index (χ3n) is 2.01. The zero-order chi connectivity index (χ0) is 12.1. The van der Waals surface area contributed by atoms with E-state index < -0.39 is 17.5 Å². The molecule has 1 nitrogen and oxygen atoms in total. The number of benzene rings is 1. The first-order chi connectivity index (χ1) is 7.60. The molecule has 0 radical (unpaired) electrons. The highest BCUT2D eigenvalue weighted by Gasteiger charge is 2.14. The summed E-state index contributed by atoms with van der Waals surface area (Å²) in [5.41, 5.74) is 5.27. The lowest BCUT2D eigenvalue weighted by molar-refractivity contribution is 0.538. The number of allylic oxidation sites excluding steroid dienone is 1. The molecule has 0 aliphatic rings. The molecule has 1 rings (SSSR count). The van der Waals surface area contributed by atoms with Crippen LogP contribution in [-0.2, 0) is 0 Å². The topological polar surface area (TPSA) is 26.0 Å². The van der Waals surface area contributed by atoms with Crippen LogP contribution in [0, 0.1) is 29.8 Å². The van der Waals surface area contributed by atoms with E-state index in [9.17, 15) is 13.2 Å². The molecule has 0 aromatic heterocycles. The number of halogens is 3. The predicted octanol–water partition coefficient (Wildman–Crippen LogP) is 2.47. The molecule has 0 saturated heterocycles. The fraction of sp³-hybridized carbons (Fsp3) is 0.167. The molecule has 0 aliphatic heterocycles. The van der Waals surface area contributed by atoms with Crippen LogP contribution in [-0.4, -0.2) is 6.54 Å². The minimum atomic E-state index is -0.980. The van der Waals surface area contributed by atoms with Gasteiger partial charge in [-0.3, -0.25) is 0 Å². The molecule has 2 N–H and O–H groups in total. The molecule has 16 heavy (non-hydrogen) atoms. The highest BCUT2D eigenvalue weighted by Crippen LogP contribution is 2.22. The van der Waals surface area contributed by atoms with E-state index in [0.717, 1.165) is 0 Å². The van der Waals surface area contributed by atoms with Gasteiger partial charge in [-0.1, -0.05) is 6.08 Å². The summed E-state index contributed by atoms with van der Waals surface area (Å²) in [6, 6.07) is 1.22. The molecule has 0 amide bonds. The number of hydrogen-bond donors (Lipinski definition) is 1. The van der Waals surface area contributed by atoms with Crippen LogP contribution in [0.5, 0.6) is 0 Å². The highest BCUT2D eigenvalue weighted by atomic mass is 19.1. The molecule has 0 atom stereocenters. The molecule has 0 bridgehead atoms. The SMILES string of the molecule is C#CCC=C(CN)c1c(F)cc(F)cc1F. The Balaban J connectivity index is 3.26. The predicted molar refractivity (Wildman–Crippen MR) is 56.8 cm³/mol. The van der Waals surface area contributed by atoms with Gasteiger partial charge in [0.05, 0.1) is 5.56 Å². The van der Waals surface area contributed by atoms with Gasteiger partial charge in [-0.05, 0) is 5.57 Å². The van der Waals surface area contributed by atoms with E-state index in [2.05, 4.69) is 5.92 Å². The van der Waals surface area contributed by atoms with E-state index in [0.29, 0.717) is 12.1 Å². The molecular weight excluding hydrogens is 215 g/mol. The molecule has 84 valence electrons. The van der Waals surface area contributed by atoms with Crippen molar-refractivity contribution in [3.8, 4) is 12.3 Å². The summed E-state index contributed by atoms with van der Waals surface area (Å²) in [6.07, 6.45) is 6.68. The first-order valence-electron chi connectivity index (χ1n) is 4.57. The lowest BCUT2D eigenvalue weighted by Crippen LogP contribution is -2.06. The van der Waals surface area contributed by atoms with Gasteiger partial charge < -0.3 is 5.73 Å². The van der Waals surface area contributed by atoms with Crippen molar-refractivity contribution in [3.05, 3.63) is 41.2 Å². The van der Waals surface area contributed by atoms with Crippen molar-refractivity contribution in [2.75, 3.05) is 6.54 Å². The highest BCUT2D eigenvalue weighted by molar-refractivity contribution is 5.68. The minimum Gasteiger partial charge on any atom is -0.326 e. The van der Waals surface area contributed by atoms with Crippen LogP contribution < -0.4 is 5.73 Å². The molecule has 0 unspecified atom stereocenters. The Morgan fingerprint density at radius 3 is 2.31 bits per heavy atom. The summed E-state index contributed by atoms with van der Waals surface area (Å²) in [5, 5.41) is 0. The fourth-order valence-corrected chi connectivity index (χ4v) is 1.32. The second-order valence-corrected chi connectivity index (χ2v) is 3.09. The number of nitrogens with two attached hydrogens (primary N) is 1. The van der Waals surface area contributed by atoms with Gasteiger partial charge in [-0.25, -0.2) is 13.2 Å². The van der Waals surface area contributed by atoms with Crippen LogP contribution in [0.25, 0.3) is 5.57 Å². The molecule has 0 fully saturated rings. The Morgan fingerprint density at radius 1 is 1.31 bits per heavy atom. The maximum absolute atomic E-state index is 13.3. The van der Waals surface area contributed by atoms with Crippen molar-refractivity contribution < 1.29 is 13.2 Å². The van der Waals surface area contributed by atoms with Gasteiger partial charge in [-0.15, -0.1) is 12.3 Å². The fourth-order valence-electron chi connectivity index (χ4n) is 1.32. The monoisotopic (exact) mass is 225 g/mol. The second-order valence-electron chi connectivity index (χ2n) is 3.09. The van der Waals surface area contributed by atoms with Crippen LogP contribution in [0.3, 0.4) is 0 Å². The Kier molecular flexibility index (Phi) is 4.15. The largest absolute Gasteiger partial charge is 0.326 e. The van der Waals surface area contributed by atoms with E-state index >= 15 is 0 Å². The number of rotatable bonds is 3. The average molecular weight is 225 g/mol. The molecule has 0 spiro atoms. The van der Waals surface area contributed by atoms with Crippen molar-refractivity contribution in [1.82, 2.24) is 0 Å². The van der Waals surface area contributed by atoms with Gasteiger partial charge in [0, 0.05) is 25.1 Å². The summed E-state index contributed by atoms with van der Waals surface area (Å²) in [5.74, 6) is -0.625. The number of hydrogen-bond acceptors (Lipinski definition) is 1. The number of terminal acetylenes is 1. The van der Waals surface area contributed by atoms with Crippen LogP contribution in [0.15, 0.2) is 18.2 Å². The maximum atomic E-state index is 13.3. The minimum absolute atomic E-state index is 0.0683. The molecule has 0 aliphatic carbocycles. The van der Waals surface area contributed by atoms with Crippen molar-refractivity contribution in [3.63, 3.8) is 0 Å². The summed E-state index contributed by atoms with van der Waals surface area (Å²) in [6.45, 7) is -0.0683. The van der Waals surface area contributed by atoms with Crippen molar-refractivity contribution in [1.29, 1.82) is 0 Å². The molecule has 0 saturated carbocycles. The van der Waals surface area contributed by atoms with Crippen LogP contribution in [0.1, 0.15) is 12.0 Å². The van der Waals surface area contributed by atoms with Gasteiger partial charge in [0.25, 0.3) is 0 Å². The van der Waals surface area contributed by atoms with Gasteiger partial charge in [-0.2, -0.15) is 0 Å². The lowest BCUT2D eigenvalue weighted by Gasteiger charge is -2.07. The molecule has 1 aromatic rings. The van der Waals surface area contributed by atoms with E-state index in [1.165, 1.54) is 6.08 Å². The second kappa shape index (κ2) is 5.38. The third kappa shape index (κ3) is 2.65. The van der Waals surface area contributed by atoms with Crippen molar-refractivity contribution in [2.24, 2.45) is 5.73 Å². The normalized spacial score (nSPS) is 11.3. The molecule has 1 aromatic carbocycles. The zero-order valence-corrected chi connectivity index (χ0v) is 8.43. The summed E-state index contributed by atoms with van der Waals surface area (Å²) in [4.78, 5) is 0. The Labute approximate surface area is 91.8 Å². The van der Waals surface area contributed by atoms with Crippen molar-refractivity contribution in [2.45, 2.75) is 6.42 Å². The average Bonchev–Trinajstić information content (AvgIpc) is 2.21. The quantitative estimate of drug-likeness (QED) is 0.786. The smallest absolute Gasteiger partial charge is 0.136 e. The summed E-state index contributed by atoms with van der Waals surface area (Å²) < 4.78 is 39.4. The lowest BCUT2D eigenvalue weighted by atomic mass is 10.0. The first kappa shape index (κ1) is 12.3. The summed E-state index contributed by atoms with van der Waals surface area (Å²) >= 11 is 0. The third-order valence-corrected chi connectivity index (χ3v) is 2.01. The Morgan fingerprint density at radius 2 is 1.88 bits per heavy atom. The van der Waals surface area contributed by atoms with E-state index in [1.54, 1.807) is 0 Å². The zero-order valence-electron chi connectivity index (χ0n) is 8.43. The van der Waals surface area contributed by atoms with Crippen LogP contribution in [0.2, 0.25) is 0 Å². The van der Waals surface area contributed by atoms with Gasteiger partial charge in [0.1, 0.15) is 17.5 Å². The first-order valence-corrected chi connectivity index (χ1v) is 4.57. The molecular formula is C12H10F3N. The summed E-state index contributed by atoms with van der Waals surface area (Å²) in [7, 11) is 0. The van der Waals surface area contributed by atoms with E-state index in [4.69, 9.17) is 12.2 Å².